The van der Waals surface area contributed by atoms with E-state index < -0.39 is 0 Å². The average molecular weight is 229 g/mol. The molecule has 1 aliphatic heterocycles. The smallest absolute Gasteiger partial charge is 0.220 e. The van der Waals surface area contributed by atoms with Crippen LogP contribution in [0.4, 0.5) is 5.69 Å². The summed E-state index contributed by atoms with van der Waals surface area (Å²) >= 11 is 0. The van der Waals surface area contributed by atoms with Crippen molar-refractivity contribution in [1.82, 2.24) is 0 Å². The van der Waals surface area contributed by atoms with Crippen molar-refractivity contribution >= 4 is 17.5 Å². The number of benzene rings is 1. The molecule has 1 aromatic carbocycles. The molecule has 2 rings (SSSR count). The third-order valence-electron chi connectivity index (χ3n) is 2.54. The second-order valence-electron chi connectivity index (χ2n) is 3.92. The van der Waals surface area contributed by atoms with E-state index >= 15 is 0 Å². The highest BCUT2D eigenvalue weighted by atomic mass is 16.5. The first-order valence-electron chi connectivity index (χ1n) is 5.66. The zero-order chi connectivity index (χ0) is 12.1. The van der Waals surface area contributed by atoms with E-state index in [0.29, 0.717) is 18.1 Å². The lowest BCUT2D eigenvalue weighted by Gasteiger charge is -2.11. The number of anilines is 1. The minimum atomic E-state index is -0.0819. The predicted octanol–water partition coefficient (Wildman–Crippen LogP) is 2.55. The molecule has 1 heterocycles. The van der Waals surface area contributed by atoms with Gasteiger partial charge in [0.15, 0.2) is 5.76 Å². The van der Waals surface area contributed by atoms with Gasteiger partial charge in [-0.05, 0) is 42.7 Å². The van der Waals surface area contributed by atoms with Gasteiger partial charge in [-0.2, -0.15) is 0 Å². The number of ketones is 1. The molecular weight excluding hydrogens is 214 g/mol. The van der Waals surface area contributed by atoms with Crippen LogP contribution in [-0.2, 0) is 9.53 Å². The monoisotopic (exact) mass is 229 g/mol. The van der Waals surface area contributed by atoms with Gasteiger partial charge >= 0.3 is 0 Å². The number of nitrogens with two attached hydrogens (primary N) is 1. The molecule has 1 aromatic rings. The van der Waals surface area contributed by atoms with Gasteiger partial charge in [0.2, 0.25) is 5.78 Å². The summed E-state index contributed by atoms with van der Waals surface area (Å²) in [5.74, 6) is 0.379. The highest BCUT2D eigenvalue weighted by molar-refractivity contribution is 6.04. The fourth-order valence-corrected chi connectivity index (χ4v) is 1.59. The van der Waals surface area contributed by atoms with Crippen molar-refractivity contribution in [3.63, 3.8) is 0 Å². The Balaban J connectivity index is 2.02. The van der Waals surface area contributed by atoms with Crippen LogP contribution < -0.4 is 5.73 Å². The standard InChI is InChI=1S/C14H15NO2/c15-12-7-4-11(5-8-12)6-9-13(16)14-3-1-2-10-17-14/h3-9H,1-2,10,15H2/b9-6+. The molecule has 88 valence electrons. The number of hydrogen-bond acceptors (Lipinski definition) is 3. The highest BCUT2D eigenvalue weighted by Gasteiger charge is 2.10. The Morgan fingerprint density at radius 2 is 2.06 bits per heavy atom. The fraction of sp³-hybridized carbons (Fsp3) is 0.214. The molecule has 0 radical (unpaired) electrons. The summed E-state index contributed by atoms with van der Waals surface area (Å²) in [5.41, 5.74) is 7.24. The number of nitrogen functional groups attached to an aromatic ring is 1. The summed E-state index contributed by atoms with van der Waals surface area (Å²) in [6.07, 6.45) is 7.04. The van der Waals surface area contributed by atoms with Gasteiger partial charge < -0.3 is 10.5 Å². The van der Waals surface area contributed by atoms with Crippen LogP contribution in [0.3, 0.4) is 0 Å². The first kappa shape index (κ1) is 11.5. The minimum Gasteiger partial charge on any atom is -0.490 e. The molecule has 0 aromatic heterocycles. The van der Waals surface area contributed by atoms with E-state index in [2.05, 4.69) is 0 Å². The van der Waals surface area contributed by atoms with E-state index in [-0.39, 0.29) is 5.78 Å². The first-order chi connectivity index (χ1) is 8.25. The van der Waals surface area contributed by atoms with Crippen LogP contribution in [0, 0.1) is 0 Å². The lowest BCUT2D eigenvalue weighted by molar-refractivity contribution is -0.114. The summed E-state index contributed by atoms with van der Waals surface area (Å²) in [7, 11) is 0. The lowest BCUT2D eigenvalue weighted by atomic mass is 10.1. The molecule has 0 amide bonds. The Bertz CT molecular complexity index is 458. The van der Waals surface area contributed by atoms with Gasteiger partial charge in [0.25, 0.3) is 0 Å². The van der Waals surface area contributed by atoms with E-state index in [1.807, 2.05) is 18.2 Å². The third-order valence-corrected chi connectivity index (χ3v) is 2.54. The van der Waals surface area contributed by atoms with E-state index in [0.717, 1.165) is 18.4 Å². The van der Waals surface area contributed by atoms with Crippen molar-refractivity contribution in [2.45, 2.75) is 12.8 Å². The molecule has 2 N–H and O–H groups in total. The average Bonchev–Trinajstić information content (AvgIpc) is 2.39. The summed E-state index contributed by atoms with van der Waals surface area (Å²) in [5, 5.41) is 0. The number of hydrogen-bond donors (Lipinski definition) is 1. The zero-order valence-corrected chi connectivity index (χ0v) is 9.56. The summed E-state index contributed by atoms with van der Waals surface area (Å²) in [6, 6.07) is 7.35. The van der Waals surface area contributed by atoms with Crippen molar-refractivity contribution < 1.29 is 9.53 Å². The summed E-state index contributed by atoms with van der Waals surface area (Å²) in [6.45, 7) is 0.632. The minimum absolute atomic E-state index is 0.0819. The van der Waals surface area contributed by atoms with Crippen molar-refractivity contribution in [2.75, 3.05) is 12.3 Å². The van der Waals surface area contributed by atoms with Gasteiger partial charge in [-0.1, -0.05) is 18.2 Å². The molecule has 0 spiro atoms. The second-order valence-corrected chi connectivity index (χ2v) is 3.92. The number of allylic oxidation sites excluding steroid dienone is 2. The van der Waals surface area contributed by atoms with Crippen molar-refractivity contribution in [3.8, 4) is 0 Å². The molecule has 17 heavy (non-hydrogen) atoms. The third kappa shape index (κ3) is 3.21. The van der Waals surface area contributed by atoms with Gasteiger partial charge in [-0.3, -0.25) is 4.79 Å². The molecule has 0 unspecified atom stereocenters. The maximum atomic E-state index is 11.7. The molecule has 0 bridgehead atoms. The molecule has 1 aliphatic rings. The van der Waals surface area contributed by atoms with Crippen molar-refractivity contribution in [3.05, 3.63) is 47.7 Å². The second kappa shape index (κ2) is 5.34. The molecule has 3 heteroatoms. The van der Waals surface area contributed by atoms with Crippen LogP contribution in [0.25, 0.3) is 6.08 Å². The van der Waals surface area contributed by atoms with Gasteiger partial charge in [0.05, 0.1) is 6.61 Å². The number of carbonyl (C=O) groups is 1. The van der Waals surface area contributed by atoms with Crippen LogP contribution in [0.5, 0.6) is 0 Å². The molecule has 0 aliphatic carbocycles. The number of carbonyl (C=O) groups excluding carboxylic acids is 1. The van der Waals surface area contributed by atoms with E-state index in [1.165, 1.54) is 6.08 Å². The topological polar surface area (TPSA) is 52.3 Å². The van der Waals surface area contributed by atoms with Gasteiger partial charge in [-0.15, -0.1) is 0 Å². The fourth-order valence-electron chi connectivity index (χ4n) is 1.59. The van der Waals surface area contributed by atoms with E-state index in [1.54, 1.807) is 18.2 Å². The Labute approximate surface area is 101 Å². The normalized spacial score (nSPS) is 15.4. The Morgan fingerprint density at radius 3 is 2.71 bits per heavy atom. The van der Waals surface area contributed by atoms with Gasteiger partial charge in [0, 0.05) is 5.69 Å². The van der Waals surface area contributed by atoms with E-state index in [9.17, 15) is 4.79 Å². The van der Waals surface area contributed by atoms with Crippen LogP contribution in [0.15, 0.2) is 42.2 Å². The largest absolute Gasteiger partial charge is 0.490 e. The zero-order valence-electron chi connectivity index (χ0n) is 9.56. The Hall–Kier alpha value is -2.03. The van der Waals surface area contributed by atoms with E-state index in [4.69, 9.17) is 10.5 Å². The molecule has 0 fully saturated rings. The quantitative estimate of drug-likeness (QED) is 0.640. The van der Waals surface area contributed by atoms with Crippen LogP contribution >= 0.6 is 0 Å². The SMILES string of the molecule is Nc1ccc(/C=C/C(=O)C2=CCCCO2)cc1. The predicted molar refractivity (Wildman–Crippen MR) is 68.2 cm³/mol. The number of ether oxygens (including phenoxy) is 1. The van der Waals surface area contributed by atoms with Gasteiger partial charge in [0.1, 0.15) is 0 Å². The molecule has 0 saturated carbocycles. The molecular formula is C14H15NO2. The first-order valence-corrected chi connectivity index (χ1v) is 5.66. The van der Waals surface area contributed by atoms with Crippen LogP contribution in [0.1, 0.15) is 18.4 Å². The summed E-state index contributed by atoms with van der Waals surface area (Å²) < 4.78 is 5.29. The molecule has 0 atom stereocenters. The highest BCUT2D eigenvalue weighted by Crippen LogP contribution is 2.12. The van der Waals surface area contributed by atoms with Crippen LogP contribution in [-0.4, -0.2) is 12.4 Å². The van der Waals surface area contributed by atoms with Crippen molar-refractivity contribution in [1.29, 1.82) is 0 Å². The molecule has 0 saturated heterocycles. The number of rotatable bonds is 3. The Morgan fingerprint density at radius 1 is 1.29 bits per heavy atom. The summed E-state index contributed by atoms with van der Waals surface area (Å²) in [4.78, 5) is 11.7. The maximum absolute atomic E-state index is 11.7. The van der Waals surface area contributed by atoms with Crippen molar-refractivity contribution in [2.24, 2.45) is 0 Å². The Kier molecular flexibility index (Phi) is 3.60. The maximum Gasteiger partial charge on any atom is 0.220 e. The van der Waals surface area contributed by atoms with Crippen LogP contribution in [0.2, 0.25) is 0 Å². The van der Waals surface area contributed by atoms with Gasteiger partial charge in [-0.25, -0.2) is 0 Å². The molecule has 3 nitrogen and oxygen atoms in total. The lowest BCUT2D eigenvalue weighted by Crippen LogP contribution is -2.08.